The fraction of sp³-hybridized carbons (Fsp3) is 0.769. The molecule has 1 heterocycles. The molecule has 0 bridgehead atoms. The first-order valence-corrected chi connectivity index (χ1v) is 6.31. The van der Waals surface area contributed by atoms with Crippen LogP contribution in [0.4, 0.5) is 0 Å². The van der Waals surface area contributed by atoms with Gasteiger partial charge < -0.3 is 9.88 Å². The number of hydrogen-bond acceptors (Lipinski definition) is 2. The van der Waals surface area contributed by atoms with Crippen molar-refractivity contribution >= 4 is 0 Å². The summed E-state index contributed by atoms with van der Waals surface area (Å²) < 4.78 is 2.31. The Morgan fingerprint density at radius 2 is 2.25 bits per heavy atom. The summed E-state index contributed by atoms with van der Waals surface area (Å²) in [4.78, 5) is 4.27. The third-order valence-electron chi connectivity index (χ3n) is 3.60. The van der Waals surface area contributed by atoms with E-state index in [1.54, 1.807) is 0 Å². The van der Waals surface area contributed by atoms with Crippen LogP contribution in [0.3, 0.4) is 0 Å². The van der Waals surface area contributed by atoms with Gasteiger partial charge >= 0.3 is 0 Å². The fourth-order valence-corrected chi connectivity index (χ4v) is 2.30. The van der Waals surface area contributed by atoms with Crippen LogP contribution < -0.4 is 5.32 Å². The summed E-state index contributed by atoms with van der Waals surface area (Å²) in [6.45, 7) is 8.79. The van der Waals surface area contributed by atoms with Gasteiger partial charge in [0.15, 0.2) is 0 Å². The molecular formula is C13H23N3. The van der Waals surface area contributed by atoms with Gasteiger partial charge in [0.25, 0.3) is 0 Å². The quantitative estimate of drug-likeness (QED) is 0.828. The predicted octanol–water partition coefficient (Wildman–Crippen LogP) is 2.57. The molecule has 1 saturated carbocycles. The van der Waals surface area contributed by atoms with E-state index in [2.05, 4.69) is 35.6 Å². The maximum atomic E-state index is 4.27. The van der Waals surface area contributed by atoms with E-state index in [1.165, 1.54) is 25.0 Å². The molecule has 90 valence electrons. The summed E-state index contributed by atoms with van der Waals surface area (Å²) in [5.74, 6) is 0. The molecule has 0 atom stereocenters. The molecule has 1 aliphatic carbocycles. The first-order chi connectivity index (χ1) is 7.59. The number of rotatable bonds is 5. The van der Waals surface area contributed by atoms with E-state index in [0.717, 1.165) is 13.1 Å². The molecule has 16 heavy (non-hydrogen) atoms. The second-order valence-corrected chi connectivity index (χ2v) is 5.71. The molecule has 0 aliphatic heterocycles. The Morgan fingerprint density at radius 3 is 2.81 bits per heavy atom. The molecule has 1 aromatic heterocycles. The van der Waals surface area contributed by atoms with Gasteiger partial charge in [-0.2, -0.15) is 0 Å². The van der Waals surface area contributed by atoms with E-state index in [1.807, 2.05) is 12.5 Å². The first-order valence-electron chi connectivity index (χ1n) is 6.31. The molecule has 2 rings (SSSR count). The molecule has 0 amide bonds. The summed E-state index contributed by atoms with van der Waals surface area (Å²) in [6, 6.07) is 0.530. The molecule has 3 heteroatoms. The zero-order chi connectivity index (χ0) is 11.6. The van der Waals surface area contributed by atoms with Crippen molar-refractivity contribution in [3.05, 3.63) is 18.2 Å². The number of imidazole rings is 1. The molecule has 3 nitrogen and oxygen atoms in total. The van der Waals surface area contributed by atoms with E-state index in [-0.39, 0.29) is 0 Å². The molecule has 1 N–H and O–H groups in total. The minimum absolute atomic E-state index is 0.521. The van der Waals surface area contributed by atoms with Gasteiger partial charge in [-0.25, -0.2) is 4.98 Å². The highest BCUT2D eigenvalue weighted by molar-refractivity contribution is 5.00. The lowest BCUT2D eigenvalue weighted by molar-refractivity contribution is 0.130. The highest BCUT2D eigenvalue weighted by Crippen LogP contribution is 2.41. The van der Waals surface area contributed by atoms with Crippen molar-refractivity contribution in [1.29, 1.82) is 0 Å². The van der Waals surface area contributed by atoms with Crippen LogP contribution in [0, 0.1) is 5.41 Å². The Balaban J connectivity index is 1.96. The van der Waals surface area contributed by atoms with Gasteiger partial charge in [0.05, 0.1) is 12.0 Å². The lowest BCUT2D eigenvalue weighted by Gasteiger charge is -2.39. The largest absolute Gasteiger partial charge is 0.333 e. The highest BCUT2D eigenvalue weighted by atomic mass is 15.1. The van der Waals surface area contributed by atoms with Crippen molar-refractivity contribution in [2.24, 2.45) is 5.41 Å². The average molecular weight is 221 g/mol. The first kappa shape index (κ1) is 11.6. The Labute approximate surface area is 98.3 Å². The van der Waals surface area contributed by atoms with Crippen LogP contribution in [-0.4, -0.2) is 15.6 Å². The van der Waals surface area contributed by atoms with E-state index in [9.17, 15) is 0 Å². The van der Waals surface area contributed by atoms with Crippen molar-refractivity contribution in [2.75, 3.05) is 0 Å². The summed E-state index contributed by atoms with van der Waals surface area (Å²) in [5.41, 5.74) is 1.83. The van der Waals surface area contributed by atoms with Gasteiger partial charge in [0.1, 0.15) is 0 Å². The molecule has 0 saturated heterocycles. The topological polar surface area (TPSA) is 29.9 Å². The van der Waals surface area contributed by atoms with E-state index in [0.29, 0.717) is 11.5 Å². The number of nitrogens with one attached hydrogen (secondary N) is 1. The van der Waals surface area contributed by atoms with Crippen LogP contribution in [0.25, 0.3) is 0 Å². The van der Waals surface area contributed by atoms with Crippen molar-refractivity contribution < 1.29 is 0 Å². The van der Waals surface area contributed by atoms with Crippen molar-refractivity contribution in [1.82, 2.24) is 14.9 Å². The van der Waals surface area contributed by atoms with Crippen molar-refractivity contribution in [2.45, 2.75) is 59.2 Å². The zero-order valence-corrected chi connectivity index (χ0v) is 10.7. The molecule has 1 aliphatic rings. The minimum atomic E-state index is 0.521. The third kappa shape index (κ3) is 2.64. The van der Waals surface area contributed by atoms with E-state index in [4.69, 9.17) is 0 Å². The molecule has 0 aromatic carbocycles. The summed E-state index contributed by atoms with van der Waals surface area (Å²) in [5, 5.41) is 3.45. The van der Waals surface area contributed by atoms with Crippen LogP contribution in [0.15, 0.2) is 12.5 Å². The molecule has 0 radical (unpaired) electrons. The fourth-order valence-electron chi connectivity index (χ4n) is 2.30. The monoisotopic (exact) mass is 221 g/mol. The van der Waals surface area contributed by atoms with Crippen molar-refractivity contribution in [3.63, 3.8) is 0 Å². The Morgan fingerprint density at radius 1 is 1.50 bits per heavy atom. The average Bonchev–Trinajstić information content (AvgIpc) is 2.60. The molecular weight excluding hydrogens is 198 g/mol. The SMILES string of the molecule is CC(C)NCc1cncn1CC1(C)CCC1. The summed E-state index contributed by atoms with van der Waals surface area (Å²) in [6.07, 6.45) is 8.08. The third-order valence-corrected chi connectivity index (χ3v) is 3.60. The summed E-state index contributed by atoms with van der Waals surface area (Å²) >= 11 is 0. The molecule has 1 aromatic rings. The van der Waals surface area contributed by atoms with E-state index < -0.39 is 0 Å². The second kappa shape index (κ2) is 4.58. The van der Waals surface area contributed by atoms with Crippen LogP contribution in [0.1, 0.15) is 45.7 Å². The van der Waals surface area contributed by atoms with E-state index >= 15 is 0 Å². The van der Waals surface area contributed by atoms with Crippen molar-refractivity contribution in [3.8, 4) is 0 Å². The maximum Gasteiger partial charge on any atom is 0.0948 e. The zero-order valence-electron chi connectivity index (χ0n) is 10.7. The van der Waals surface area contributed by atoms with Crippen LogP contribution >= 0.6 is 0 Å². The van der Waals surface area contributed by atoms with Gasteiger partial charge in [-0.15, -0.1) is 0 Å². The highest BCUT2D eigenvalue weighted by Gasteiger charge is 2.32. The van der Waals surface area contributed by atoms with Gasteiger partial charge in [-0.05, 0) is 18.3 Å². The number of hydrogen-bond donors (Lipinski definition) is 1. The Hall–Kier alpha value is -0.830. The lowest BCUT2D eigenvalue weighted by Crippen LogP contribution is -2.32. The summed E-state index contributed by atoms with van der Waals surface area (Å²) in [7, 11) is 0. The standard InChI is InChI=1S/C13H23N3/c1-11(2)15-8-12-7-14-10-16(12)9-13(3)5-4-6-13/h7,10-11,15H,4-6,8-9H2,1-3H3. The molecule has 0 spiro atoms. The lowest BCUT2D eigenvalue weighted by atomic mass is 9.70. The van der Waals surface area contributed by atoms with Gasteiger partial charge in [0.2, 0.25) is 0 Å². The molecule has 1 fully saturated rings. The maximum absolute atomic E-state index is 4.27. The second-order valence-electron chi connectivity index (χ2n) is 5.71. The smallest absolute Gasteiger partial charge is 0.0948 e. The number of aromatic nitrogens is 2. The predicted molar refractivity (Wildman–Crippen MR) is 66.2 cm³/mol. The van der Waals surface area contributed by atoms with Crippen LogP contribution in [0.2, 0.25) is 0 Å². The Bertz CT molecular complexity index is 337. The normalized spacial score (nSPS) is 18.8. The molecule has 0 unspecified atom stereocenters. The minimum Gasteiger partial charge on any atom is -0.333 e. The Kier molecular flexibility index (Phi) is 3.33. The number of nitrogens with zero attached hydrogens (tertiary/aromatic N) is 2. The van der Waals surface area contributed by atoms with Gasteiger partial charge in [-0.3, -0.25) is 0 Å². The van der Waals surface area contributed by atoms with Crippen LogP contribution in [0.5, 0.6) is 0 Å². The van der Waals surface area contributed by atoms with Crippen LogP contribution in [-0.2, 0) is 13.1 Å². The van der Waals surface area contributed by atoms with Gasteiger partial charge in [-0.1, -0.05) is 27.2 Å². The van der Waals surface area contributed by atoms with Gasteiger partial charge in [0, 0.05) is 25.3 Å².